The number of amides is 2. The number of benzene rings is 2. The van der Waals surface area contributed by atoms with E-state index in [4.69, 9.17) is 18.0 Å². The Morgan fingerprint density at radius 3 is 2.67 bits per heavy atom. The first-order chi connectivity index (χ1) is 10.1. The summed E-state index contributed by atoms with van der Waals surface area (Å²) < 4.78 is 0. The van der Waals surface area contributed by atoms with E-state index in [1.807, 2.05) is 49.4 Å². The number of fused-ring (bicyclic) bond motifs is 1. The van der Waals surface area contributed by atoms with E-state index in [1.165, 1.54) is 0 Å². The summed E-state index contributed by atoms with van der Waals surface area (Å²) in [6.07, 6.45) is 1.63. The van der Waals surface area contributed by atoms with Gasteiger partial charge < -0.3 is 16.4 Å². The molecular formula is C16H19N3OS. The Hall–Kier alpha value is -2.14. The van der Waals surface area contributed by atoms with Crippen LogP contribution in [-0.4, -0.2) is 17.1 Å². The first-order valence-corrected chi connectivity index (χ1v) is 7.37. The predicted octanol–water partition coefficient (Wildman–Crippen LogP) is 3.42. The lowest BCUT2D eigenvalue weighted by atomic mass is 10.1. The molecule has 0 saturated heterocycles. The second-order valence-corrected chi connectivity index (χ2v) is 5.34. The number of hydrogen-bond acceptors (Lipinski definition) is 2. The quantitative estimate of drug-likeness (QED) is 0.741. The minimum atomic E-state index is -0.294. The Balaban J connectivity index is 2.13. The number of carbonyl (C=O) groups is 1. The number of hydrogen-bond donors (Lipinski definition) is 3. The molecule has 2 aromatic rings. The molecule has 0 aromatic heterocycles. The van der Waals surface area contributed by atoms with Crippen molar-refractivity contribution in [2.45, 2.75) is 25.8 Å². The summed E-state index contributed by atoms with van der Waals surface area (Å²) in [7, 11) is 0. The summed E-state index contributed by atoms with van der Waals surface area (Å²) in [6, 6.07) is 13.1. The Kier molecular flexibility index (Phi) is 5.11. The standard InChI is InChI=1S/C16H19N3OS/c1-2-6-14(15(17)21)19-16(20)18-13-10-5-8-11-7-3-4-9-12(11)13/h3-5,7-10,14H,2,6H2,1H3,(H2,17,21)(H2,18,19,20). The molecule has 1 atom stereocenters. The Morgan fingerprint density at radius 1 is 1.24 bits per heavy atom. The van der Waals surface area contributed by atoms with Crippen LogP contribution in [0, 0.1) is 0 Å². The highest BCUT2D eigenvalue weighted by atomic mass is 32.1. The molecular weight excluding hydrogens is 282 g/mol. The zero-order valence-electron chi connectivity index (χ0n) is 11.9. The number of rotatable bonds is 5. The van der Waals surface area contributed by atoms with E-state index < -0.39 is 0 Å². The van der Waals surface area contributed by atoms with Crippen molar-refractivity contribution in [2.75, 3.05) is 5.32 Å². The van der Waals surface area contributed by atoms with Crippen molar-refractivity contribution >= 4 is 39.7 Å². The maximum Gasteiger partial charge on any atom is 0.319 e. The summed E-state index contributed by atoms with van der Waals surface area (Å²) in [4.78, 5) is 12.4. The van der Waals surface area contributed by atoms with Gasteiger partial charge in [0, 0.05) is 5.39 Å². The van der Waals surface area contributed by atoms with Crippen LogP contribution in [0.3, 0.4) is 0 Å². The fourth-order valence-electron chi connectivity index (χ4n) is 2.23. The van der Waals surface area contributed by atoms with Gasteiger partial charge in [0.2, 0.25) is 0 Å². The van der Waals surface area contributed by atoms with E-state index in [2.05, 4.69) is 10.6 Å². The molecule has 0 radical (unpaired) electrons. The highest BCUT2D eigenvalue weighted by Crippen LogP contribution is 2.22. The van der Waals surface area contributed by atoms with Crippen molar-refractivity contribution in [3.05, 3.63) is 42.5 Å². The molecule has 2 aromatic carbocycles. The third kappa shape index (κ3) is 3.92. The Bertz CT molecular complexity index is 652. The van der Waals surface area contributed by atoms with E-state index >= 15 is 0 Å². The highest BCUT2D eigenvalue weighted by molar-refractivity contribution is 7.80. The number of urea groups is 1. The molecule has 5 heteroatoms. The Morgan fingerprint density at radius 2 is 1.95 bits per heavy atom. The van der Waals surface area contributed by atoms with Gasteiger partial charge in [0.05, 0.1) is 16.7 Å². The van der Waals surface area contributed by atoms with Crippen LogP contribution in [0.5, 0.6) is 0 Å². The molecule has 2 rings (SSSR count). The van der Waals surface area contributed by atoms with Crippen LogP contribution in [0.25, 0.3) is 10.8 Å². The predicted molar refractivity (Wildman–Crippen MR) is 91.6 cm³/mol. The molecule has 0 heterocycles. The van der Waals surface area contributed by atoms with Crippen molar-refractivity contribution in [3.8, 4) is 0 Å². The van der Waals surface area contributed by atoms with E-state index in [0.717, 1.165) is 29.3 Å². The summed E-state index contributed by atoms with van der Waals surface area (Å²) in [5.41, 5.74) is 6.41. The molecule has 0 fully saturated rings. The van der Waals surface area contributed by atoms with Gasteiger partial charge in [-0.2, -0.15) is 0 Å². The zero-order valence-corrected chi connectivity index (χ0v) is 12.7. The summed E-state index contributed by atoms with van der Waals surface area (Å²) in [6.45, 7) is 2.02. The smallest absolute Gasteiger partial charge is 0.319 e. The van der Waals surface area contributed by atoms with Gasteiger partial charge >= 0.3 is 6.03 Å². The molecule has 0 aliphatic rings. The van der Waals surface area contributed by atoms with Crippen molar-refractivity contribution in [3.63, 3.8) is 0 Å². The lowest BCUT2D eigenvalue weighted by Gasteiger charge is -2.17. The van der Waals surface area contributed by atoms with Gasteiger partial charge in [0.15, 0.2) is 0 Å². The van der Waals surface area contributed by atoms with Crippen molar-refractivity contribution < 1.29 is 4.79 Å². The summed E-state index contributed by atoms with van der Waals surface area (Å²) >= 11 is 4.98. The number of carbonyl (C=O) groups excluding carboxylic acids is 1. The van der Waals surface area contributed by atoms with E-state index in [-0.39, 0.29) is 12.1 Å². The number of thiocarbonyl (C=S) groups is 1. The molecule has 0 aliphatic heterocycles. The van der Waals surface area contributed by atoms with Gasteiger partial charge in [-0.3, -0.25) is 0 Å². The van der Waals surface area contributed by atoms with Crippen molar-refractivity contribution in [1.29, 1.82) is 0 Å². The van der Waals surface area contributed by atoms with Crippen LogP contribution >= 0.6 is 12.2 Å². The second-order valence-electron chi connectivity index (χ2n) is 4.87. The molecule has 4 N–H and O–H groups in total. The lowest BCUT2D eigenvalue weighted by molar-refractivity contribution is 0.250. The van der Waals surface area contributed by atoms with Gasteiger partial charge in [-0.1, -0.05) is 62.0 Å². The molecule has 0 aliphatic carbocycles. The molecule has 21 heavy (non-hydrogen) atoms. The van der Waals surface area contributed by atoms with Crippen LogP contribution in [0.15, 0.2) is 42.5 Å². The third-order valence-corrected chi connectivity index (χ3v) is 3.55. The molecule has 1 unspecified atom stereocenters. The second kappa shape index (κ2) is 7.04. The maximum absolute atomic E-state index is 12.1. The number of nitrogens with two attached hydrogens (primary N) is 1. The fraction of sp³-hybridized carbons (Fsp3) is 0.250. The van der Waals surface area contributed by atoms with Gasteiger partial charge in [0.25, 0.3) is 0 Å². The van der Waals surface area contributed by atoms with Gasteiger partial charge in [-0.25, -0.2) is 4.79 Å². The topological polar surface area (TPSA) is 67.2 Å². The minimum absolute atomic E-state index is 0.278. The molecule has 4 nitrogen and oxygen atoms in total. The number of nitrogens with one attached hydrogen (secondary N) is 2. The van der Waals surface area contributed by atoms with Crippen LogP contribution in [0.2, 0.25) is 0 Å². The Labute approximate surface area is 129 Å². The largest absolute Gasteiger partial charge is 0.392 e. The van der Waals surface area contributed by atoms with Crippen molar-refractivity contribution in [2.24, 2.45) is 5.73 Å². The van der Waals surface area contributed by atoms with Crippen LogP contribution < -0.4 is 16.4 Å². The van der Waals surface area contributed by atoms with Gasteiger partial charge in [-0.05, 0) is 17.9 Å². The van der Waals surface area contributed by atoms with Crippen LogP contribution in [-0.2, 0) is 0 Å². The molecule has 2 amide bonds. The van der Waals surface area contributed by atoms with Gasteiger partial charge in [0.1, 0.15) is 0 Å². The number of anilines is 1. The molecule has 0 spiro atoms. The molecule has 0 saturated carbocycles. The first-order valence-electron chi connectivity index (χ1n) is 6.96. The molecule has 110 valence electrons. The highest BCUT2D eigenvalue weighted by Gasteiger charge is 2.14. The average molecular weight is 301 g/mol. The summed E-state index contributed by atoms with van der Waals surface area (Å²) in [5.74, 6) is 0. The summed E-state index contributed by atoms with van der Waals surface area (Å²) in [5, 5.41) is 7.75. The van der Waals surface area contributed by atoms with E-state index in [1.54, 1.807) is 0 Å². The SMILES string of the molecule is CCCC(NC(=O)Nc1cccc2ccccc12)C(N)=S. The molecule has 0 bridgehead atoms. The average Bonchev–Trinajstić information content (AvgIpc) is 2.47. The normalized spacial score (nSPS) is 11.9. The monoisotopic (exact) mass is 301 g/mol. The first kappa shape index (κ1) is 15.3. The van der Waals surface area contributed by atoms with E-state index in [9.17, 15) is 4.79 Å². The fourth-order valence-corrected chi connectivity index (χ4v) is 2.40. The third-order valence-electron chi connectivity index (χ3n) is 3.26. The van der Waals surface area contributed by atoms with Crippen LogP contribution in [0.1, 0.15) is 19.8 Å². The zero-order chi connectivity index (χ0) is 15.2. The van der Waals surface area contributed by atoms with Gasteiger partial charge in [-0.15, -0.1) is 0 Å². The minimum Gasteiger partial charge on any atom is -0.392 e. The van der Waals surface area contributed by atoms with Crippen molar-refractivity contribution in [1.82, 2.24) is 5.32 Å². The van der Waals surface area contributed by atoms with Crippen LogP contribution in [0.4, 0.5) is 10.5 Å². The van der Waals surface area contributed by atoms with E-state index in [0.29, 0.717) is 4.99 Å². The lowest BCUT2D eigenvalue weighted by Crippen LogP contribution is -2.45. The maximum atomic E-state index is 12.1.